The number of aryl methyl sites for hydroxylation is 1. The lowest BCUT2D eigenvalue weighted by Crippen LogP contribution is -2.11. The van der Waals surface area contributed by atoms with Gasteiger partial charge in [0.05, 0.1) is 18.5 Å². The van der Waals surface area contributed by atoms with E-state index in [0.717, 1.165) is 11.1 Å². The van der Waals surface area contributed by atoms with Crippen LogP contribution in [-0.2, 0) is 16.4 Å². The summed E-state index contributed by atoms with van der Waals surface area (Å²) in [6.45, 7) is 2.01. The third kappa shape index (κ3) is 3.41. The van der Waals surface area contributed by atoms with E-state index in [1.807, 2.05) is 6.07 Å². The van der Waals surface area contributed by atoms with Gasteiger partial charge in [0.2, 0.25) is 0 Å². The monoisotopic (exact) mass is 282 g/mol. The van der Waals surface area contributed by atoms with Crippen LogP contribution in [-0.4, -0.2) is 30.2 Å². The SMILES string of the molecule is Cc1c(F)cccc1-c1cnn(CCS(C)(=O)=O)c1. The third-order valence-electron chi connectivity index (χ3n) is 2.90. The Morgan fingerprint density at radius 2 is 2.11 bits per heavy atom. The van der Waals surface area contributed by atoms with Crippen LogP contribution in [0.25, 0.3) is 11.1 Å². The Hall–Kier alpha value is -1.69. The van der Waals surface area contributed by atoms with Crippen LogP contribution in [0.4, 0.5) is 4.39 Å². The highest BCUT2D eigenvalue weighted by molar-refractivity contribution is 7.90. The first-order valence-electron chi connectivity index (χ1n) is 5.82. The second-order valence-corrected chi connectivity index (χ2v) is 6.79. The minimum atomic E-state index is -3.01. The predicted molar refractivity (Wildman–Crippen MR) is 72.1 cm³/mol. The molecule has 1 aromatic heterocycles. The quantitative estimate of drug-likeness (QED) is 0.862. The summed E-state index contributed by atoms with van der Waals surface area (Å²) in [6.07, 6.45) is 4.53. The minimum Gasteiger partial charge on any atom is -0.271 e. The molecule has 0 aliphatic rings. The lowest BCUT2D eigenvalue weighted by atomic mass is 10.0. The fourth-order valence-corrected chi connectivity index (χ4v) is 2.32. The first kappa shape index (κ1) is 13.7. The van der Waals surface area contributed by atoms with Crippen LogP contribution in [0.5, 0.6) is 0 Å². The predicted octanol–water partition coefficient (Wildman–Crippen LogP) is 2.04. The Labute approximate surface area is 111 Å². The molecule has 0 radical (unpaired) electrons. The fraction of sp³-hybridized carbons (Fsp3) is 0.308. The van der Waals surface area contributed by atoms with Crippen molar-refractivity contribution in [3.63, 3.8) is 0 Å². The molecule has 1 heterocycles. The van der Waals surface area contributed by atoms with Crippen LogP contribution in [0.1, 0.15) is 5.56 Å². The van der Waals surface area contributed by atoms with Crippen molar-refractivity contribution in [1.82, 2.24) is 9.78 Å². The Morgan fingerprint density at radius 3 is 2.79 bits per heavy atom. The summed E-state index contributed by atoms with van der Waals surface area (Å²) >= 11 is 0. The Morgan fingerprint density at radius 1 is 1.37 bits per heavy atom. The molecule has 0 atom stereocenters. The zero-order valence-corrected chi connectivity index (χ0v) is 11.6. The van der Waals surface area contributed by atoms with E-state index >= 15 is 0 Å². The lowest BCUT2D eigenvalue weighted by Gasteiger charge is -2.03. The zero-order chi connectivity index (χ0) is 14.0. The number of hydrogen-bond donors (Lipinski definition) is 0. The molecule has 19 heavy (non-hydrogen) atoms. The van der Waals surface area contributed by atoms with E-state index in [9.17, 15) is 12.8 Å². The first-order valence-corrected chi connectivity index (χ1v) is 7.88. The number of nitrogens with zero attached hydrogens (tertiary/aromatic N) is 2. The molecule has 6 heteroatoms. The molecule has 0 fully saturated rings. The van der Waals surface area contributed by atoms with Gasteiger partial charge < -0.3 is 0 Å². The summed E-state index contributed by atoms with van der Waals surface area (Å²) in [4.78, 5) is 0. The molecule has 0 spiro atoms. The van der Waals surface area contributed by atoms with Gasteiger partial charge in [-0.3, -0.25) is 4.68 Å². The van der Waals surface area contributed by atoms with Gasteiger partial charge in [0, 0.05) is 18.0 Å². The van der Waals surface area contributed by atoms with Crippen LogP contribution in [0.3, 0.4) is 0 Å². The van der Waals surface area contributed by atoms with Crippen molar-refractivity contribution in [1.29, 1.82) is 0 Å². The van der Waals surface area contributed by atoms with Crippen molar-refractivity contribution in [2.75, 3.05) is 12.0 Å². The number of aromatic nitrogens is 2. The van der Waals surface area contributed by atoms with Crippen molar-refractivity contribution in [3.05, 3.63) is 42.0 Å². The molecule has 0 N–H and O–H groups in total. The molecule has 0 saturated heterocycles. The highest BCUT2D eigenvalue weighted by atomic mass is 32.2. The summed E-state index contributed by atoms with van der Waals surface area (Å²) in [5, 5.41) is 4.10. The second-order valence-electron chi connectivity index (χ2n) is 4.53. The molecule has 0 unspecified atom stereocenters. The number of halogens is 1. The van der Waals surface area contributed by atoms with Crippen LogP contribution >= 0.6 is 0 Å². The summed E-state index contributed by atoms with van der Waals surface area (Å²) in [5.74, 6) is -0.225. The molecule has 4 nitrogen and oxygen atoms in total. The largest absolute Gasteiger partial charge is 0.271 e. The van der Waals surface area contributed by atoms with E-state index in [2.05, 4.69) is 5.10 Å². The minimum absolute atomic E-state index is 0.0379. The summed E-state index contributed by atoms with van der Waals surface area (Å²) in [6, 6.07) is 4.87. The third-order valence-corrected chi connectivity index (χ3v) is 3.83. The van der Waals surface area contributed by atoms with Gasteiger partial charge in [0.1, 0.15) is 15.7 Å². The lowest BCUT2D eigenvalue weighted by molar-refractivity contribution is 0.586. The topological polar surface area (TPSA) is 52.0 Å². The van der Waals surface area contributed by atoms with E-state index in [-0.39, 0.29) is 11.6 Å². The van der Waals surface area contributed by atoms with Gasteiger partial charge in [-0.15, -0.1) is 0 Å². The van der Waals surface area contributed by atoms with E-state index in [1.165, 1.54) is 12.3 Å². The zero-order valence-electron chi connectivity index (χ0n) is 10.8. The Bertz CT molecular complexity index is 692. The van der Waals surface area contributed by atoms with Crippen molar-refractivity contribution in [3.8, 4) is 11.1 Å². The smallest absolute Gasteiger partial charge is 0.149 e. The van der Waals surface area contributed by atoms with E-state index in [1.54, 1.807) is 30.1 Å². The highest BCUT2D eigenvalue weighted by Gasteiger charge is 2.09. The van der Waals surface area contributed by atoms with E-state index in [4.69, 9.17) is 0 Å². The molecule has 0 saturated carbocycles. The molecule has 2 rings (SSSR count). The maximum atomic E-state index is 13.5. The van der Waals surface area contributed by atoms with Crippen LogP contribution < -0.4 is 0 Å². The van der Waals surface area contributed by atoms with Crippen LogP contribution in [0.15, 0.2) is 30.6 Å². The van der Waals surface area contributed by atoms with Crippen molar-refractivity contribution in [2.45, 2.75) is 13.5 Å². The van der Waals surface area contributed by atoms with E-state index in [0.29, 0.717) is 12.1 Å². The summed E-state index contributed by atoms with van der Waals surface area (Å²) in [7, 11) is -3.01. The Kier molecular flexibility index (Phi) is 3.71. The standard InChI is InChI=1S/C13H15FN2O2S/c1-10-12(4-3-5-13(10)14)11-8-15-16(9-11)6-7-19(2,17)18/h3-5,8-9H,6-7H2,1-2H3. The molecular formula is C13H15FN2O2S. The number of sulfone groups is 1. The molecule has 0 aliphatic carbocycles. The fourth-order valence-electron chi connectivity index (χ4n) is 1.80. The molecule has 2 aromatic rings. The maximum Gasteiger partial charge on any atom is 0.149 e. The molecule has 0 bridgehead atoms. The van der Waals surface area contributed by atoms with Gasteiger partial charge in [-0.1, -0.05) is 12.1 Å². The molecule has 0 amide bonds. The van der Waals surface area contributed by atoms with Crippen LogP contribution in [0.2, 0.25) is 0 Å². The average molecular weight is 282 g/mol. The van der Waals surface area contributed by atoms with Gasteiger partial charge in [-0.2, -0.15) is 5.10 Å². The van der Waals surface area contributed by atoms with Gasteiger partial charge in [-0.25, -0.2) is 12.8 Å². The van der Waals surface area contributed by atoms with Gasteiger partial charge in [0.15, 0.2) is 0 Å². The summed E-state index contributed by atoms with van der Waals surface area (Å²) in [5.41, 5.74) is 2.11. The first-order chi connectivity index (χ1) is 8.87. The summed E-state index contributed by atoms with van der Waals surface area (Å²) < 4.78 is 37.2. The average Bonchev–Trinajstić information content (AvgIpc) is 2.78. The number of benzene rings is 1. The maximum absolute atomic E-state index is 13.5. The van der Waals surface area contributed by atoms with Crippen molar-refractivity contribution < 1.29 is 12.8 Å². The molecule has 1 aromatic carbocycles. The normalized spacial score (nSPS) is 11.7. The number of hydrogen-bond acceptors (Lipinski definition) is 3. The second kappa shape index (κ2) is 5.13. The molecular weight excluding hydrogens is 267 g/mol. The van der Waals surface area contributed by atoms with Gasteiger partial charge in [0.25, 0.3) is 0 Å². The van der Waals surface area contributed by atoms with Gasteiger partial charge in [-0.05, 0) is 24.1 Å². The molecule has 102 valence electrons. The van der Waals surface area contributed by atoms with Crippen LogP contribution in [0, 0.1) is 12.7 Å². The molecule has 0 aliphatic heterocycles. The highest BCUT2D eigenvalue weighted by Crippen LogP contribution is 2.24. The number of rotatable bonds is 4. The Balaban J connectivity index is 2.24. The van der Waals surface area contributed by atoms with E-state index < -0.39 is 9.84 Å². The van der Waals surface area contributed by atoms with Gasteiger partial charge >= 0.3 is 0 Å². The van der Waals surface area contributed by atoms with Crippen molar-refractivity contribution in [2.24, 2.45) is 0 Å². The van der Waals surface area contributed by atoms with Crippen molar-refractivity contribution >= 4 is 9.84 Å².